The molecule has 0 unspecified atom stereocenters. The number of hydrogen-bond acceptors (Lipinski definition) is 3. The molecule has 0 bridgehead atoms. The molecule has 0 N–H and O–H groups in total. The SMILES string of the molecule is CSc1cc(-c2ccc(C)cc2)oc1C(=O)c1ccc(C)cc1. The van der Waals surface area contributed by atoms with Gasteiger partial charge in [0.25, 0.3) is 0 Å². The van der Waals surface area contributed by atoms with Crippen LogP contribution in [0.3, 0.4) is 0 Å². The van der Waals surface area contributed by atoms with Crippen LogP contribution in [-0.2, 0) is 0 Å². The second-order valence-corrected chi connectivity index (χ2v) is 6.42. The van der Waals surface area contributed by atoms with E-state index in [4.69, 9.17) is 4.42 Å². The summed E-state index contributed by atoms with van der Waals surface area (Å²) in [4.78, 5) is 13.6. The molecule has 1 heterocycles. The summed E-state index contributed by atoms with van der Waals surface area (Å²) in [6, 6.07) is 17.6. The molecule has 0 aliphatic rings. The number of carbonyl (C=O) groups excluding carboxylic acids is 1. The maximum atomic E-state index is 12.7. The first kappa shape index (κ1) is 15.6. The van der Waals surface area contributed by atoms with Crippen LogP contribution < -0.4 is 0 Å². The van der Waals surface area contributed by atoms with Crippen LogP contribution in [0.2, 0.25) is 0 Å². The highest BCUT2D eigenvalue weighted by Crippen LogP contribution is 2.32. The zero-order valence-electron chi connectivity index (χ0n) is 13.4. The summed E-state index contributed by atoms with van der Waals surface area (Å²) >= 11 is 1.53. The van der Waals surface area contributed by atoms with Crippen LogP contribution in [0.25, 0.3) is 11.3 Å². The lowest BCUT2D eigenvalue weighted by Crippen LogP contribution is -2.00. The van der Waals surface area contributed by atoms with Crippen molar-refractivity contribution in [1.29, 1.82) is 0 Å². The normalized spacial score (nSPS) is 10.7. The highest BCUT2D eigenvalue weighted by molar-refractivity contribution is 7.98. The molecule has 0 fully saturated rings. The van der Waals surface area contributed by atoms with Crippen LogP contribution in [-0.4, -0.2) is 12.0 Å². The molecule has 0 saturated heterocycles. The molecule has 0 saturated carbocycles. The molecule has 2 aromatic carbocycles. The van der Waals surface area contributed by atoms with Gasteiger partial charge in [-0.3, -0.25) is 4.79 Å². The number of carbonyl (C=O) groups is 1. The van der Waals surface area contributed by atoms with Gasteiger partial charge in [0.15, 0.2) is 5.76 Å². The van der Waals surface area contributed by atoms with Crippen molar-refractivity contribution >= 4 is 17.5 Å². The van der Waals surface area contributed by atoms with E-state index in [1.807, 2.05) is 74.7 Å². The van der Waals surface area contributed by atoms with E-state index in [9.17, 15) is 4.79 Å². The van der Waals surface area contributed by atoms with Gasteiger partial charge in [0.2, 0.25) is 5.78 Å². The molecule has 0 spiro atoms. The molecule has 2 nitrogen and oxygen atoms in total. The minimum absolute atomic E-state index is 0.0762. The van der Waals surface area contributed by atoms with E-state index in [1.165, 1.54) is 17.3 Å². The molecule has 3 rings (SSSR count). The first-order chi connectivity index (χ1) is 11.1. The second kappa shape index (κ2) is 6.47. The molecule has 0 amide bonds. The predicted octanol–water partition coefficient (Wildman–Crippen LogP) is 5.52. The summed E-state index contributed by atoms with van der Waals surface area (Å²) in [5.41, 5.74) is 3.96. The predicted molar refractivity (Wildman–Crippen MR) is 95.3 cm³/mol. The third-order valence-electron chi connectivity index (χ3n) is 3.77. The van der Waals surface area contributed by atoms with Crippen LogP contribution in [0.4, 0.5) is 0 Å². The summed E-state index contributed by atoms with van der Waals surface area (Å²) in [6.45, 7) is 4.05. The van der Waals surface area contributed by atoms with Gasteiger partial charge < -0.3 is 4.42 Å². The molecule has 0 atom stereocenters. The maximum Gasteiger partial charge on any atom is 0.229 e. The van der Waals surface area contributed by atoms with Gasteiger partial charge in [-0.05, 0) is 26.2 Å². The first-order valence-electron chi connectivity index (χ1n) is 7.44. The number of aryl methyl sites for hydroxylation is 2. The van der Waals surface area contributed by atoms with Gasteiger partial charge in [0.1, 0.15) is 5.76 Å². The van der Waals surface area contributed by atoms with Crippen molar-refractivity contribution in [1.82, 2.24) is 0 Å². The standard InChI is InChI=1S/C20H18O2S/c1-13-4-8-15(9-5-13)17-12-18(23-3)20(22-17)19(21)16-10-6-14(2)7-11-16/h4-12H,1-3H3. The minimum Gasteiger partial charge on any atom is -0.451 e. The van der Waals surface area contributed by atoms with Crippen LogP contribution in [0.1, 0.15) is 27.2 Å². The fourth-order valence-electron chi connectivity index (χ4n) is 2.38. The lowest BCUT2D eigenvalue weighted by molar-refractivity contribution is 0.101. The van der Waals surface area contributed by atoms with E-state index >= 15 is 0 Å². The number of benzene rings is 2. The molecule has 0 aliphatic carbocycles. The van der Waals surface area contributed by atoms with Crippen molar-refractivity contribution < 1.29 is 9.21 Å². The molecule has 0 radical (unpaired) electrons. The van der Waals surface area contributed by atoms with Crippen molar-refractivity contribution in [2.75, 3.05) is 6.26 Å². The zero-order chi connectivity index (χ0) is 16.4. The Labute approximate surface area is 140 Å². The number of ketones is 1. The summed E-state index contributed by atoms with van der Waals surface area (Å²) < 4.78 is 5.91. The lowest BCUT2D eigenvalue weighted by atomic mass is 10.1. The van der Waals surface area contributed by atoms with E-state index in [0.29, 0.717) is 11.3 Å². The molecule has 23 heavy (non-hydrogen) atoms. The summed E-state index contributed by atoms with van der Waals surface area (Å²) in [6.07, 6.45) is 1.95. The fraction of sp³-hybridized carbons (Fsp3) is 0.150. The molecule has 3 aromatic rings. The Balaban J connectivity index is 2.00. The van der Waals surface area contributed by atoms with E-state index < -0.39 is 0 Å². The van der Waals surface area contributed by atoms with E-state index in [0.717, 1.165) is 21.8 Å². The van der Waals surface area contributed by atoms with E-state index in [1.54, 1.807) is 0 Å². The van der Waals surface area contributed by atoms with E-state index in [-0.39, 0.29) is 5.78 Å². The minimum atomic E-state index is -0.0762. The average Bonchev–Trinajstić information content (AvgIpc) is 3.00. The number of rotatable bonds is 4. The molecule has 0 aliphatic heterocycles. The molecule has 3 heteroatoms. The number of furan rings is 1. The van der Waals surface area contributed by atoms with Crippen LogP contribution >= 0.6 is 11.8 Å². The van der Waals surface area contributed by atoms with Gasteiger partial charge in [0.05, 0.1) is 4.90 Å². The Morgan fingerprint density at radius 2 is 1.48 bits per heavy atom. The maximum absolute atomic E-state index is 12.7. The van der Waals surface area contributed by atoms with Crippen LogP contribution in [0.15, 0.2) is 63.9 Å². The Morgan fingerprint density at radius 3 is 2.04 bits per heavy atom. The van der Waals surface area contributed by atoms with Gasteiger partial charge >= 0.3 is 0 Å². The number of thioether (sulfide) groups is 1. The van der Waals surface area contributed by atoms with Gasteiger partial charge in [-0.15, -0.1) is 11.8 Å². The fourth-order valence-corrected chi connectivity index (χ4v) is 2.92. The third-order valence-corrected chi connectivity index (χ3v) is 4.52. The van der Waals surface area contributed by atoms with E-state index in [2.05, 4.69) is 0 Å². The Kier molecular flexibility index (Phi) is 4.39. The van der Waals surface area contributed by atoms with Crippen molar-refractivity contribution in [3.8, 4) is 11.3 Å². The van der Waals surface area contributed by atoms with Crippen molar-refractivity contribution in [3.05, 3.63) is 77.0 Å². The zero-order valence-corrected chi connectivity index (χ0v) is 14.2. The summed E-state index contributed by atoms with van der Waals surface area (Å²) in [5.74, 6) is 1.06. The van der Waals surface area contributed by atoms with Crippen molar-refractivity contribution in [2.45, 2.75) is 18.7 Å². The lowest BCUT2D eigenvalue weighted by Gasteiger charge is -2.01. The van der Waals surface area contributed by atoms with Gasteiger partial charge in [-0.1, -0.05) is 59.7 Å². The monoisotopic (exact) mass is 322 g/mol. The molecule has 116 valence electrons. The number of hydrogen-bond donors (Lipinski definition) is 0. The largest absolute Gasteiger partial charge is 0.451 e. The van der Waals surface area contributed by atoms with Gasteiger partial charge in [-0.25, -0.2) is 0 Å². The highest BCUT2D eigenvalue weighted by Gasteiger charge is 2.20. The van der Waals surface area contributed by atoms with Gasteiger partial charge in [0, 0.05) is 11.1 Å². The Morgan fingerprint density at radius 1 is 0.913 bits per heavy atom. The molecular formula is C20H18O2S. The summed E-state index contributed by atoms with van der Waals surface area (Å²) in [7, 11) is 0. The quantitative estimate of drug-likeness (QED) is 0.468. The topological polar surface area (TPSA) is 30.2 Å². The molecule has 1 aromatic heterocycles. The van der Waals surface area contributed by atoms with Crippen molar-refractivity contribution in [2.24, 2.45) is 0 Å². The Bertz CT molecular complexity index is 827. The third kappa shape index (κ3) is 3.25. The van der Waals surface area contributed by atoms with Gasteiger partial charge in [-0.2, -0.15) is 0 Å². The average molecular weight is 322 g/mol. The smallest absolute Gasteiger partial charge is 0.229 e. The first-order valence-corrected chi connectivity index (χ1v) is 8.67. The van der Waals surface area contributed by atoms with Crippen molar-refractivity contribution in [3.63, 3.8) is 0 Å². The van der Waals surface area contributed by atoms with Crippen LogP contribution in [0.5, 0.6) is 0 Å². The Hall–Kier alpha value is -2.26. The molecular weight excluding hydrogens is 304 g/mol. The highest BCUT2D eigenvalue weighted by atomic mass is 32.2. The second-order valence-electron chi connectivity index (χ2n) is 5.57. The summed E-state index contributed by atoms with van der Waals surface area (Å²) in [5, 5.41) is 0. The van der Waals surface area contributed by atoms with Crippen LogP contribution in [0, 0.1) is 13.8 Å².